The number of fused-ring (bicyclic) bond motifs is 4. The van der Waals surface area contributed by atoms with Gasteiger partial charge in [-0.25, -0.2) is 4.98 Å². The van der Waals surface area contributed by atoms with Crippen LogP contribution in [0.25, 0.3) is 72.6 Å². The maximum Gasteiger partial charge on any atom is 0.216 e. The topological polar surface area (TPSA) is 56.7 Å². The van der Waals surface area contributed by atoms with Gasteiger partial charge in [-0.1, -0.05) is 121 Å². The molecule has 4 aromatic heterocycles. The van der Waals surface area contributed by atoms with E-state index in [9.17, 15) is 4.39 Å². The number of aryl methyl sites for hydroxylation is 5. The van der Waals surface area contributed by atoms with Gasteiger partial charge in [0.15, 0.2) is 0 Å². The summed E-state index contributed by atoms with van der Waals surface area (Å²) in [5.74, 6) is 0.966. The van der Waals surface area contributed by atoms with Crippen LogP contribution in [-0.4, -0.2) is 27.6 Å². The van der Waals surface area contributed by atoms with Gasteiger partial charge < -0.3 is 14.0 Å². The molecule has 0 aliphatic rings. The summed E-state index contributed by atoms with van der Waals surface area (Å²) in [7, 11) is -1.45. The predicted octanol–water partition coefficient (Wildman–Crippen LogP) is 13.4. The number of hydrogen-bond donors (Lipinski definition) is 0. The van der Waals surface area contributed by atoms with Crippen molar-refractivity contribution in [2.45, 2.75) is 74.4 Å². The third kappa shape index (κ3) is 8.67. The largest absolute Gasteiger partial charge is 0.486 e. The molecule has 5 aromatic carbocycles. The van der Waals surface area contributed by atoms with Gasteiger partial charge in [-0.05, 0) is 98.1 Å². The molecule has 0 N–H and O–H groups in total. The van der Waals surface area contributed by atoms with Gasteiger partial charge in [0.05, 0.1) is 30.5 Å². The summed E-state index contributed by atoms with van der Waals surface area (Å²) in [6.45, 7) is 12.7. The summed E-state index contributed by atoms with van der Waals surface area (Å²) in [6, 6.07) is 35.3. The molecule has 5 nitrogen and oxygen atoms in total. The van der Waals surface area contributed by atoms with Crippen LogP contribution >= 0.6 is 0 Å². The minimum atomic E-state index is -2.49. The van der Waals surface area contributed by atoms with E-state index in [1.165, 1.54) is 40.6 Å². The molecule has 1 radical (unpaired) electrons. The van der Waals surface area contributed by atoms with Crippen molar-refractivity contribution in [3.63, 3.8) is 0 Å². The van der Waals surface area contributed by atoms with E-state index in [0.29, 0.717) is 56.4 Å². The van der Waals surface area contributed by atoms with E-state index in [1.54, 1.807) is 24.4 Å². The maximum atomic E-state index is 13.9. The monoisotopic (exact) mass is 1010 g/mol. The molecular formula is C53H51FIrN4OSi-2. The number of benzene rings is 5. The van der Waals surface area contributed by atoms with E-state index >= 15 is 0 Å². The van der Waals surface area contributed by atoms with Crippen LogP contribution in [0.3, 0.4) is 0 Å². The van der Waals surface area contributed by atoms with Crippen LogP contribution in [0.5, 0.6) is 0 Å². The molecule has 0 aliphatic carbocycles. The molecule has 9 aromatic rings. The average Bonchev–Trinajstić information content (AvgIpc) is 3.81. The molecule has 0 amide bonds. The Morgan fingerprint density at radius 2 is 1.54 bits per heavy atom. The number of nitrogens with zero attached hydrogens (tertiary/aromatic N) is 4. The van der Waals surface area contributed by atoms with Crippen LogP contribution < -0.4 is 5.19 Å². The fourth-order valence-electron chi connectivity index (χ4n) is 8.33. The van der Waals surface area contributed by atoms with Crippen molar-refractivity contribution >= 4 is 46.4 Å². The molecule has 0 spiro atoms. The molecular weight excluding hydrogens is 948 g/mol. The van der Waals surface area contributed by atoms with Crippen molar-refractivity contribution in [1.82, 2.24) is 19.5 Å². The second kappa shape index (κ2) is 17.4. The SMILES string of the molecule is CC(C)Cc1cc(-c2[c-]cccc2F)ncc1[Si](C)(C)C.[2H]C([2H])([2H])c1cc(-c2ccnc3oc4c(-c5nc6ccccc6n5-c5c(C)cc(C)cc5C)[c-]ccc4c23)cc(C([2H])([2H])[2H])c1.[Ir]. The molecule has 9 rings (SSSR count). The van der Waals surface area contributed by atoms with Crippen LogP contribution in [0, 0.1) is 58.3 Å². The Morgan fingerprint density at radius 1 is 0.820 bits per heavy atom. The van der Waals surface area contributed by atoms with E-state index in [-0.39, 0.29) is 37.0 Å². The van der Waals surface area contributed by atoms with Crippen molar-refractivity contribution in [2.75, 3.05) is 0 Å². The third-order valence-electron chi connectivity index (χ3n) is 10.7. The molecule has 8 heteroatoms. The van der Waals surface area contributed by atoms with Crippen LogP contribution in [-0.2, 0) is 26.5 Å². The Labute approximate surface area is 381 Å². The zero-order valence-corrected chi connectivity index (χ0v) is 39.0. The van der Waals surface area contributed by atoms with Gasteiger partial charge in [-0.2, -0.15) is 0 Å². The van der Waals surface area contributed by atoms with Crippen LogP contribution in [0.15, 0.2) is 114 Å². The molecule has 0 fully saturated rings. The minimum absolute atomic E-state index is 0. The standard InChI is InChI=1S/C35H28N3O.C18H23FNSi.Ir/c1-20-15-21(2)19-25(18-20)26-13-14-36-35-31(26)27-9-8-10-28(33(27)39-35)34-37-29-11-6-7-12-30(29)38(34)32-23(4)16-22(3)17-24(32)5;1-13(2)10-14-11-17(15-8-6-7-9-16(15)19)20-12-18(14)21(3,4)5;/h6-9,11-19H,1-5H3;6-7,9,11-13H,10H2,1-5H3;/q2*-1;/i1D3,2D3;;. The molecule has 0 aliphatic heterocycles. The molecule has 4 heterocycles. The summed E-state index contributed by atoms with van der Waals surface area (Å²) >= 11 is 0. The Morgan fingerprint density at radius 3 is 2.23 bits per heavy atom. The molecule has 0 saturated heterocycles. The Kier molecular flexibility index (Phi) is 10.3. The number of rotatable bonds is 7. The van der Waals surface area contributed by atoms with E-state index in [1.807, 2.05) is 42.6 Å². The van der Waals surface area contributed by atoms with E-state index in [2.05, 4.69) is 99.1 Å². The van der Waals surface area contributed by atoms with Gasteiger partial charge in [0.2, 0.25) is 5.71 Å². The normalized spacial score (nSPS) is 13.5. The first-order valence-corrected chi connectivity index (χ1v) is 23.7. The maximum absolute atomic E-state index is 13.9. The number of imidazole rings is 1. The van der Waals surface area contributed by atoms with E-state index < -0.39 is 21.8 Å². The number of halogens is 1. The predicted molar refractivity (Wildman–Crippen MR) is 250 cm³/mol. The van der Waals surface area contributed by atoms with Crippen molar-refractivity contribution in [3.05, 3.63) is 161 Å². The van der Waals surface area contributed by atoms with Crippen molar-refractivity contribution in [1.29, 1.82) is 0 Å². The quantitative estimate of drug-likeness (QED) is 0.118. The van der Waals surface area contributed by atoms with Crippen LogP contribution in [0.4, 0.5) is 4.39 Å². The van der Waals surface area contributed by atoms with Gasteiger partial charge in [-0.3, -0.25) is 9.37 Å². The summed E-state index contributed by atoms with van der Waals surface area (Å²) < 4.78 is 70.6. The second-order valence-electron chi connectivity index (χ2n) is 17.0. The summed E-state index contributed by atoms with van der Waals surface area (Å²) in [5, 5.41) is 2.75. The van der Waals surface area contributed by atoms with Gasteiger partial charge in [-0.15, -0.1) is 42.5 Å². The number of pyridine rings is 2. The molecule has 311 valence electrons. The fraction of sp³-hybridized carbons (Fsp3) is 0.226. The van der Waals surface area contributed by atoms with Crippen molar-refractivity contribution < 1.29 is 37.1 Å². The first kappa shape index (κ1) is 36.2. The molecule has 0 unspecified atom stereocenters. The van der Waals surface area contributed by atoms with Gasteiger partial charge in [0.1, 0.15) is 0 Å². The Balaban J connectivity index is 0.000000255. The molecule has 0 bridgehead atoms. The average molecular weight is 1010 g/mol. The second-order valence-corrected chi connectivity index (χ2v) is 22.0. The number of hydrogen-bond acceptors (Lipinski definition) is 4. The zero-order chi connectivity index (χ0) is 47.5. The summed E-state index contributed by atoms with van der Waals surface area (Å²) in [5.41, 5.74) is 11.1. The summed E-state index contributed by atoms with van der Waals surface area (Å²) in [6.07, 6.45) is 4.54. The molecule has 0 saturated carbocycles. The van der Waals surface area contributed by atoms with Crippen molar-refractivity contribution in [2.24, 2.45) is 5.92 Å². The Bertz CT molecular complexity index is 3240. The Hall–Kier alpha value is -5.53. The smallest absolute Gasteiger partial charge is 0.216 e. The number of aromatic nitrogens is 4. The fourth-order valence-corrected chi connectivity index (χ4v) is 9.92. The molecule has 0 atom stereocenters. The first-order valence-electron chi connectivity index (χ1n) is 23.2. The van der Waals surface area contributed by atoms with Crippen molar-refractivity contribution in [3.8, 4) is 39.5 Å². The van der Waals surface area contributed by atoms with E-state index in [0.717, 1.165) is 39.7 Å². The number of furan rings is 1. The van der Waals surface area contributed by atoms with Gasteiger partial charge in [0.25, 0.3) is 0 Å². The van der Waals surface area contributed by atoms with E-state index in [4.69, 9.17) is 17.6 Å². The third-order valence-corrected chi connectivity index (χ3v) is 12.8. The summed E-state index contributed by atoms with van der Waals surface area (Å²) in [4.78, 5) is 14.1. The zero-order valence-electron chi connectivity index (χ0n) is 41.6. The van der Waals surface area contributed by atoms with Crippen LogP contribution in [0.2, 0.25) is 19.6 Å². The number of para-hydroxylation sites is 2. The minimum Gasteiger partial charge on any atom is -0.486 e. The first-order chi connectivity index (χ1) is 31.1. The van der Waals surface area contributed by atoms with Gasteiger partial charge in [0, 0.05) is 57.6 Å². The van der Waals surface area contributed by atoms with Gasteiger partial charge >= 0.3 is 0 Å². The van der Waals surface area contributed by atoms with Crippen LogP contribution in [0.1, 0.15) is 55.5 Å². The molecule has 61 heavy (non-hydrogen) atoms.